The first-order valence-corrected chi connectivity index (χ1v) is 12.9. The minimum Gasteiger partial charge on any atom is -0.376 e. The zero-order chi connectivity index (χ0) is 26.3. The van der Waals surface area contributed by atoms with Gasteiger partial charge in [-0.1, -0.05) is 35.9 Å². The summed E-state index contributed by atoms with van der Waals surface area (Å²) in [5.74, 6) is 0.434. The van der Waals surface area contributed by atoms with Gasteiger partial charge in [0.05, 0.1) is 29.6 Å². The molecule has 4 N–H and O–H groups in total. The van der Waals surface area contributed by atoms with Crippen LogP contribution in [0.15, 0.2) is 63.9 Å². The van der Waals surface area contributed by atoms with E-state index in [1.807, 2.05) is 13.0 Å². The molecule has 2 fully saturated rings. The third kappa shape index (κ3) is 4.42. The summed E-state index contributed by atoms with van der Waals surface area (Å²) >= 11 is 6.59. The van der Waals surface area contributed by atoms with Crippen molar-refractivity contribution >= 4 is 40.4 Å². The highest BCUT2D eigenvalue weighted by atomic mass is 35.5. The fourth-order valence-electron chi connectivity index (χ4n) is 5.13. The summed E-state index contributed by atoms with van der Waals surface area (Å²) in [6.45, 7) is 4.36. The van der Waals surface area contributed by atoms with Crippen LogP contribution in [0.3, 0.4) is 0 Å². The average molecular weight is 538 g/mol. The third-order valence-corrected chi connectivity index (χ3v) is 7.91. The van der Waals surface area contributed by atoms with Crippen LogP contribution in [0.25, 0.3) is 17.0 Å². The second kappa shape index (κ2) is 9.82. The van der Waals surface area contributed by atoms with Crippen molar-refractivity contribution in [2.75, 3.05) is 29.9 Å². The van der Waals surface area contributed by atoms with Gasteiger partial charge in [-0.3, -0.25) is 9.42 Å². The SMILES string of the molecule is C[C@@H]1OCC2(CCN(c3cnc4on(-c5cccc(NC(=O)c6ccccc6)c5Cl)o[nH]c4n3)CC2)[C@@H]1N. The number of nitrogens with zero attached hydrogens (tertiary/aromatic N) is 4. The highest BCUT2D eigenvalue weighted by Crippen LogP contribution is 2.41. The van der Waals surface area contributed by atoms with Gasteiger partial charge in [0.1, 0.15) is 11.5 Å². The summed E-state index contributed by atoms with van der Waals surface area (Å²) < 4.78 is 17.2. The Morgan fingerprint density at radius 1 is 1.18 bits per heavy atom. The fourth-order valence-corrected chi connectivity index (χ4v) is 5.37. The number of piperidine rings is 1. The van der Waals surface area contributed by atoms with Gasteiger partial charge < -0.3 is 25.2 Å². The number of ether oxygens (including phenoxy) is 1. The largest absolute Gasteiger partial charge is 0.376 e. The fraction of sp³-hybridized carbons (Fsp3) is 0.346. The average Bonchev–Trinajstić information content (AvgIpc) is 3.23. The summed E-state index contributed by atoms with van der Waals surface area (Å²) in [6, 6.07) is 14.0. The van der Waals surface area contributed by atoms with Crippen LogP contribution >= 0.6 is 11.6 Å². The molecule has 2 atom stereocenters. The molecular formula is C26H28ClN7O4. The molecule has 4 heterocycles. The van der Waals surface area contributed by atoms with Crippen molar-refractivity contribution in [2.45, 2.75) is 31.9 Å². The number of rotatable bonds is 4. The second-order valence-electron chi connectivity index (χ2n) is 9.77. The number of aromatic nitrogens is 4. The summed E-state index contributed by atoms with van der Waals surface area (Å²) in [4.78, 5) is 25.0. The van der Waals surface area contributed by atoms with E-state index in [0.717, 1.165) is 36.7 Å². The molecular weight excluding hydrogens is 510 g/mol. The standard InChI is InChI=1S/C26H28ClN7O4/c1-16-22(28)26(15-36-16)10-12-33(13-11-26)20-14-29-25-23(31-20)32-38-34(37-25)19-9-5-8-18(21(19)27)30-24(35)17-6-3-2-4-7-17/h2-9,14,16,22H,10-13,15,28H2,1H3,(H,30,35)(H,31,32)/t16-,22+/m0/s1. The topological polar surface area (TPSA) is 140 Å². The van der Waals surface area contributed by atoms with E-state index in [1.54, 1.807) is 48.7 Å². The van der Waals surface area contributed by atoms with Crippen LogP contribution in [-0.2, 0) is 4.74 Å². The highest BCUT2D eigenvalue weighted by Gasteiger charge is 2.47. The van der Waals surface area contributed by atoms with Crippen LogP contribution in [0, 0.1) is 5.41 Å². The van der Waals surface area contributed by atoms with Crippen molar-refractivity contribution in [1.29, 1.82) is 0 Å². The molecule has 2 aromatic heterocycles. The Balaban J connectivity index is 1.21. The van der Waals surface area contributed by atoms with Crippen LogP contribution in [0.1, 0.15) is 30.1 Å². The number of benzene rings is 2. The Kier molecular flexibility index (Phi) is 6.34. The van der Waals surface area contributed by atoms with E-state index < -0.39 is 0 Å². The quantitative estimate of drug-likeness (QED) is 0.350. The number of nitrogens with one attached hydrogen (secondary N) is 2. The number of carbonyl (C=O) groups is 1. The third-order valence-electron chi connectivity index (χ3n) is 7.51. The van der Waals surface area contributed by atoms with Crippen LogP contribution in [0.2, 0.25) is 5.02 Å². The molecule has 2 saturated heterocycles. The van der Waals surface area contributed by atoms with E-state index in [2.05, 4.69) is 25.3 Å². The van der Waals surface area contributed by atoms with Gasteiger partial charge in [0.2, 0.25) is 5.65 Å². The molecule has 2 aliphatic heterocycles. The number of fused-ring (bicyclic) bond motifs is 1. The van der Waals surface area contributed by atoms with Crippen molar-refractivity contribution in [3.8, 4) is 5.69 Å². The van der Waals surface area contributed by atoms with Crippen molar-refractivity contribution < 1.29 is 18.7 Å². The van der Waals surface area contributed by atoms with Crippen LogP contribution in [0.4, 0.5) is 11.5 Å². The maximum atomic E-state index is 12.6. The van der Waals surface area contributed by atoms with Crippen molar-refractivity contribution in [1.82, 2.24) is 20.0 Å². The van der Waals surface area contributed by atoms with Crippen LogP contribution in [-0.4, -0.2) is 57.8 Å². The van der Waals surface area contributed by atoms with E-state index in [4.69, 9.17) is 31.2 Å². The molecule has 0 unspecified atom stereocenters. The first kappa shape index (κ1) is 24.5. The maximum Gasteiger partial charge on any atom is 0.296 e. The van der Waals surface area contributed by atoms with Crippen LogP contribution in [0.5, 0.6) is 0 Å². The predicted molar refractivity (Wildman–Crippen MR) is 142 cm³/mol. The Bertz CT molecular complexity index is 1500. The molecule has 198 valence electrons. The number of hydrogen-bond acceptors (Lipinski definition) is 8. The smallest absolute Gasteiger partial charge is 0.296 e. The number of nitrogens with two attached hydrogens (primary N) is 1. The lowest BCUT2D eigenvalue weighted by Crippen LogP contribution is -2.50. The number of H-pyrrole nitrogens is 1. The molecule has 0 radical (unpaired) electrons. The Hall–Kier alpha value is -3.80. The van der Waals surface area contributed by atoms with Crippen molar-refractivity contribution in [2.24, 2.45) is 11.1 Å². The number of carbonyl (C=O) groups excluding carboxylic acids is 1. The van der Waals surface area contributed by atoms with E-state index in [1.165, 1.54) is 0 Å². The van der Waals surface area contributed by atoms with Gasteiger partial charge in [0.15, 0.2) is 0 Å². The first-order valence-electron chi connectivity index (χ1n) is 12.5. The van der Waals surface area contributed by atoms with Gasteiger partial charge >= 0.3 is 0 Å². The van der Waals surface area contributed by atoms with Crippen LogP contribution < -0.4 is 16.0 Å². The van der Waals surface area contributed by atoms with Gasteiger partial charge in [-0.2, -0.15) is 5.16 Å². The van der Waals surface area contributed by atoms with Gasteiger partial charge in [-0.15, -0.1) is 0 Å². The zero-order valence-corrected chi connectivity index (χ0v) is 21.5. The molecule has 1 spiro atoms. The van der Waals surface area contributed by atoms with E-state index >= 15 is 0 Å². The van der Waals surface area contributed by atoms with E-state index in [0.29, 0.717) is 29.2 Å². The summed E-state index contributed by atoms with van der Waals surface area (Å²) in [5, 5.41) is 5.83. The normalized spacial score (nSPS) is 20.7. The molecule has 2 aromatic carbocycles. The zero-order valence-electron chi connectivity index (χ0n) is 20.8. The number of aromatic amines is 1. The predicted octanol–water partition coefficient (Wildman–Crippen LogP) is 4.30. The lowest BCUT2D eigenvalue weighted by atomic mass is 9.73. The van der Waals surface area contributed by atoms with E-state index in [9.17, 15) is 4.79 Å². The molecule has 0 saturated carbocycles. The lowest BCUT2D eigenvalue weighted by Gasteiger charge is -2.41. The number of halogens is 1. The molecule has 6 rings (SSSR count). The molecule has 12 heteroatoms. The molecule has 11 nitrogen and oxygen atoms in total. The Labute approximate surface area is 223 Å². The molecule has 0 aliphatic carbocycles. The second-order valence-corrected chi connectivity index (χ2v) is 10.2. The number of hydrogen-bond donors (Lipinski definition) is 3. The Morgan fingerprint density at radius 2 is 1.97 bits per heavy atom. The summed E-state index contributed by atoms with van der Waals surface area (Å²) in [6.07, 6.45) is 3.62. The van der Waals surface area contributed by atoms with Gasteiger partial charge in [0.25, 0.3) is 11.6 Å². The summed E-state index contributed by atoms with van der Waals surface area (Å²) in [5.41, 5.74) is 8.33. The molecule has 0 bridgehead atoms. The number of amides is 1. The minimum atomic E-state index is -0.285. The highest BCUT2D eigenvalue weighted by molar-refractivity contribution is 6.35. The van der Waals surface area contributed by atoms with Gasteiger partial charge in [-0.25, -0.2) is 9.97 Å². The minimum absolute atomic E-state index is 0.0247. The first-order chi connectivity index (χ1) is 18.4. The molecule has 1 amide bonds. The van der Waals surface area contributed by atoms with E-state index in [-0.39, 0.29) is 34.2 Å². The van der Waals surface area contributed by atoms with Crippen molar-refractivity contribution in [3.05, 3.63) is 65.3 Å². The monoisotopic (exact) mass is 537 g/mol. The maximum absolute atomic E-state index is 12.6. The summed E-state index contributed by atoms with van der Waals surface area (Å²) in [7, 11) is 0. The van der Waals surface area contributed by atoms with Gasteiger partial charge in [0, 0.05) is 30.1 Å². The number of anilines is 2. The van der Waals surface area contributed by atoms with Crippen molar-refractivity contribution in [3.63, 3.8) is 0 Å². The Morgan fingerprint density at radius 3 is 2.71 bits per heavy atom. The molecule has 4 aromatic rings. The molecule has 38 heavy (non-hydrogen) atoms. The lowest BCUT2D eigenvalue weighted by molar-refractivity contribution is 0.0713. The molecule has 2 aliphatic rings. The van der Waals surface area contributed by atoms with Gasteiger partial charge in [-0.05, 0) is 48.9 Å².